The Labute approximate surface area is 98.9 Å². The number of carbonyl (C=O) groups is 2. The van der Waals surface area contributed by atoms with E-state index in [4.69, 9.17) is 4.74 Å². The molecule has 1 saturated carbocycles. The van der Waals surface area contributed by atoms with Gasteiger partial charge in [0.05, 0.1) is 12.0 Å². The first-order chi connectivity index (χ1) is 5.54. The van der Waals surface area contributed by atoms with Crippen molar-refractivity contribution in [2.24, 2.45) is 5.41 Å². The van der Waals surface area contributed by atoms with Gasteiger partial charge in [-0.1, -0.05) is 0 Å². The van der Waals surface area contributed by atoms with Gasteiger partial charge < -0.3 is 14.6 Å². The van der Waals surface area contributed by atoms with Crippen LogP contribution in [-0.4, -0.2) is 18.5 Å². The van der Waals surface area contributed by atoms with E-state index in [9.17, 15) is 14.7 Å². The molecule has 0 saturated heterocycles. The van der Waals surface area contributed by atoms with E-state index < -0.39 is 5.97 Å². The molecular formula is C8H11NaO4. The maximum atomic E-state index is 11.1. The second-order valence-electron chi connectivity index (χ2n) is 3.32. The van der Waals surface area contributed by atoms with Crippen LogP contribution in [-0.2, 0) is 14.3 Å². The van der Waals surface area contributed by atoms with Crippen LogP contribution in [0.25, 0.3) is 0 Å². The molecule has 0 unspecified atom stereocenters. The predicted octanol–water partition coefficient (Wildman–Crippen LogP) is -3.53. The molecule has 4 nitrogen and oxygen atoms in total. The third-order valence-electron chi connectivity index (χ3n) is 2.03. The summed E-state index contributed by atoms with van der Waals surface area (Å²) in [5, 5.41) is 9.94. The van der Waals surface area contributed by atoms with E-state index in [2.05, 4.69) is 0 Å². The SMILES string of the molecule is CC1(C(=O)OCCC(=O)[O-])CC1.[Na+]. The third-order valence-corrected chi connectivity index (χ3v) is 2.03. The first-order valence-corrected chi connectivity index (χ1v) is 3.92. The predicted molar refractivity (Wildman–Crippen MR) is 37.9 cm³/mol. The van der Waals surface area contributed by atoms with Crippen LogP contribution in [0, 0.1) is 5.41 Å². The van der Waals surface area contributed by atoms with Gasteiger partial charge in [-0.15, -0.1) is 0 Å². The molecule has 0 aromatic heterocycles. The molecule has 68 valence electrons. The molecule has 0 radical (unpaired) electrons. The summed E-state index contributed by atoms with van der Waals surface area (Å²) in [6.07, 6.45) is 1.47. The van der Waals surface area contributed by atoms with Crippen LogP contribution in [0.1, 0.15) is 26.2 Å². The smallest absolute Gasteiger partial charge is 0.550 e. The summed E-state index contributed by atoms with van der Waals surface area (Å²) in [5.74, 6) is -1.48. The fourth-order valence-corrected chi connectivity index (χ4v) is 0.793. The van der Waals surface area contributed by atoms with Crippen molar-refractivity contribution in [3.63, 3.8) is 0 Å². The van der Waals surface area contributed by atoms with Gasteiger partial charge in [-0.3, -0.25) is 4.79 Å². The van der Waals surface area contributed by atoms with E-state index in [1.807, 2.05) is 6.92 Å². The van der Waals surface area contributed by atoms with E-state index in [0.29, 0.717) is 0 Å². The Kier molecular flexibility index (Phi) is 4.96. The Hall–Kier alpha value is -0.0600. The molecule has 5 heteroatoms. The minimum Gasteiger partial charge on any atom is -0.550 e. The molecule has 0 amide bonds. The normalized spacial score (nSPS) is 17.0. The number of hydrogen-bond acceptors (Lipinski definition) is 4. The van der Waals surface area contributed by atoms with Crippen molar-refractivity contribution in [2.45, 2.75) is 26.2 Å². The largest absolute Gasteiger partial charge is 1.00 e. The van der Waals surface area contributed by atoms with Gasteiger partial charge in [0.25, 0.3) is 0 Å². The van der Waals surface area contributed by atoms with Crippen molar-refractivity contribution in [1.29, 1.82) is 0 Å². The second kappa shape index (κ2) is 4.98. The van der Waals surface area contributed by atoms with Gasteiger partial charge in [-0.25, -0.2) is 0 Å². The maximum absolute atomic E-state index is 11.1. The molecule has 0 spiro atoms. The van der Waals surface area contributed by atoms with Crippen LogP contribution < -0.4 is 34.7 Å². The number of ether oxygens (including phenoxy) is 1. The summed E-state index contributed by atoms with van der Waals surface area (Å²) >= 11 is 0. The standard InChI is InChI=1S/C8H12O4.Na/c1-8(3-4-8)7(11)12-5-2-6(9)10;/h2-5H2,1H3,(H,9,10);/q;+1/p-1. The average Bonchev–Trinajstić information content (AvgIpc) is 2.68. The zero-order valence-corrected chi connectivity index (χ0v) is 9.96. The Morgan fingerprint density at radius 2 is 2.00 bits per heavy atom. The quantitative estimate of drug-likeness (QED) is 0.343. The molecular weight excluding hydrogens is 183 g/mol. The van der Waals surface area contributed by atoms with Gasteiger partial charge in [0.2, 0.25) is 0 Å². The van der Waals surface area contributed by atoms with Gasteiger partial charge in [-0.05, 0) is 19.8 Å². The number of esters is 1. The van der Waals surface area contributed by atoms with E-state index in [0.717, 1.165) is 12.8 Å². The molecule has 1 aliphatic carbocycles. The maximum Gasteiger partial charge on any atom is 1.00 e. The van der Waals surface area contributed by atoms with E-state index >= 15 is 0 Å². The summed E-state index contributed by atoms with van der Waals surface area (Å²) in [7, 11) is 0. The number of rotatable bonds is 4. The van der Waals surface area contributed by atoms with Gasteiger partial charge in [-0.2, -0.15) is 0 Å². The number of hydrogen-bond donors (Lipinski definition) is 0. The monoisotopic (exact) mass is 194 g/mol. The molecule has 1 fully saturated rings. The molecule has 0 aliphatic heterocycles. The summed E-state index contributed by atoms with van der Waals surface area (Å²) in [6, 6.07) is 0. The molecule has 0 bridgehead atoms. The molecule has 1 aliphatic rings. The number of aliphatic carboxylic acids is 1. The minimum absolute atomic E-state index is 0. The third kappa shape index (κ3) is 4.11. The molecule has 13 heavy (non-hydrogen) atoms. The number of carboxylic acid groups (broad SMARTS) is 1. The molecule has 1 rings (SSSR count). The fourth-order valence-electron chi connectivity index (χ4n) is 0.793. The van der Waals surface area contributed by atoms with E-state index in [1.54, 1.807) is 0 Å². The fraction of sp³-hybridized carbons (Fsp3) is 0.750. The summed E-state index contributed by atoms with van der Waals surface area (Å²) < 4.78 is 4.72. The van der Waals surface area contributed by atoms with Gasteiger partial charge in [0.1, 0.15) is 0 Å². The van der Waals surface area contributed by atoms with Crippen molar-refractivity contribution < 1.29 is 49.0 Å². The first kappa shape index (κ1) is 12.9. The van der Waals surface area contributed by atoms with Gasteiger partial charge in [0.15, 0.2) is 0 Å². The second-order valence-corrected chi connectivity index (χ2v) is 3.32. The zero-order valence-electron chi connectivity index (χ0n) is 7.96. The van der Waals surface area contributed by atoms with Gasteiger partial charge in [0, 0.05) is 12.4 Å². The molecule has 0 N–H and O–H groups in total. The van der Waals surface area contributed by atoms with E-state index in [-0.39, 0.29) is 54.0 Å². The molecule has 0 aromatic carbocycles. The van der Waals surface area contributed by atoms with Crippen molar-refractivity contribution >= 4 is 11.9 Å². The molecule has 0 atom stereocenters. The Balaban J connectivity index is 0.00000144. The zero-order chi connectivity index (χ0) is 9.19. The molecule has 0 aromatic rings. The van der Waals surface area contributed by atoms with Crippen LogP contribution in [0.2, 0.25) is 0 Å². The Morgan fingerprint density at radius 1 is 1.46 bits per heavy atom. The van der Waals surface area contributed by atoms with Crippen molar-refractivity contribution in [1.82, 2.24) is 0 Å². The van der Waals surface area contributed by atoms with Crippen molar-refractivity contribution in [3.05, 3.63) is 0 Å². The Bertz CT molecular complexity index is 210. The van der Waals surface area contributed by atoms with Crippen LogP contribution in [0.4, 0.5) is 0 Å². The number of carbonyl (C=O) groups excluding carboxylic acids is 2. The summed E-state index contributed by atoms with van der Waals surface area (Å²) in [4.78, 5) is 21.0. The topological polar surface area (TPSA) is 66.4 Å². The Morgan fingerprint density at radius 3 is 2.38 bits per heavy atom. The van der Waals surface area contributed by atoms with Crippen molar-refractivity contribution in [2.75, 3.05) is 6.61 Å². The van der Waals surface area contributed by atoms with Crippen LogP contribution in [0.3, 0.4) is 0 Å². The molecule has 0 heterocycles. The van der Waals surface area contributed by atoms with Crippen LogP contribution in [0.5, 0.6) is 0 Å². The van der Waals surface area contributed by atoms with Crippen LogP contribution in [0.15, 0.2) is 0 Å². The first-order valence-electron chi connectivity index (χ1n) is 3.92. The summed E-state index contributed by atoms with van der Waals surface area (Å²) in [5.41, 5.74) is -0.327. The van der Waals surface area contributed by atoms with Gasteiger partial charge >= 0.3 is 35.5 Å². The summed E-state index contributed by atoms with van der Waals surface area (Å²) in [6.45, 7) is 1.74. The average molecular weight is 194 g/mol. The van der Waals surface area contributed by atoms with Crippen molar-refractivity contribution in [3.8, 4) is 0 Å². The van der Waals surface area contributed by atoms with E-state index in [1.165, 1.54) is 0 Å². The minimum atomic E-state index is -1.19. The van der Waals surface area contributed by atoms with Crippen LogP contribution >= 0.6 is 0 Å². The number of carboxylic acids is 1.